The normalized spacial score (nSPS) is 12.1. The van der Waals surface area contributed by atoms with Crippen molar-refractivity contribution in [3.63, 3.8) is 0 Å². The van der Waals surface area contributed by atoms with E-state index in [0.717, 1.165) is 12.2 Å². The van der Waals surface area contributed by atoms with Crippen LogP contribution in [0.5, 0.6) is 5.75 Å². The lowest BCUT2D eigenvalue weighted by Gasteiger charge is -2.12. The molecule has 1 atom stereocenters. The number of hydrogen-bond donors (Lipinski definition) is 1. The molecule has 0 amide bonds. The maximum absolute atomic E-state index is 5.60. The van der Waals surface area contributed by atoms with Crippen LogP contribution in [0.15, 0.2) is 24.3 Å². The summed E-state index contributed by atoms with van der Waals surface area (Å²) >= 11 is 4.88. The third-order valence-corrected chi connectivity index (χ3v) is 2.69. The van der Waals surface area contributed by atoms with E-state index in [0.29, 0.717) is 11.6 Å². The molecule has 0 heterocycles. The number of aryl methyl sites for hydroxylation is 1. The Morgan fingerprint density at radius 1 is 1.53 bits per heavy atom. The molecule has 0 aliphatic carbocycles. The van der Waals surface area contributed by atoms with Crippen LogP contribution in [0.3, 0.4) is 0 Å². The van der Waals surface area contributed by atoms with Crippen molar-refractivity contribution in [3.05, 3.63) is 29.8 Å². The number of ether oxygens (including phenoxy) is 1. The second-order valence-electron chi connectivity index (χ2n) is 3.62. The summed E-state index contributed by atoms with van der Waals surface area (Å²) in [5.74, 6) is 1.00. The Morgan fingerprint density at radius 2 is 2.27 bits per heavy atom. The van der Waals surface area contributed by atoms with E-state index < -0.39 is 0 Å². The first kappa shape index (κ1) is 12.0. The average Bonchev–Trinajstić information content (AvgIpc) is 2.26. The number of rotatable bonds is 5. The van der Waals surface area contributed by atoms with Gasteiger partial charge in [-0.25, -0.2) is 0 Å². The predicted molar refractivity (Wildman–Crippen MR) is 67.3 cm³/mol. The molecule has 1 rings (SSSR count). The maximum Gasteiger partial charge on any atom is 0.119 e. The Kier molecular flexibility index (Phi) is 4.56. The molecule has 0 saturated carbocycles. The van der Waals surface area contributed by atoms with Crippen LogP contribution in [-0.4, -0.2) is 11.6 Å². The molecule has 2 nitrogen and oxygen atoms in total. The van der Waals surface area contributed by atoms with Gasteiger partial charge >= 0.3 is 0 Å². The predicted octanol–water partition coefficient (Wildman–Crippen LogP) is 2.55. The van der Waals surface area contributed by atoms with E-state index in [1.165, 1.54) is 5.56 Å². The topological polar surface area (TPSA) is 35.2 Å². The van der Waals surface area contributed by atoms with Crippen molar-refractivity contribution >= 4 is 17.2 Å². The fourth-order valence-corrected chi connectivity index (χ4v) is 1.23. The highest BCUT2D eigenvalue weighted by atomic mass is 32.1. The van der Waals surface area contributed by atoms with Crippen LogP contribution in [0.4, 0.5) is 0 Å². The number of benzene rings is 1. The second-order valence-corrected chi connectivity index (χ2v) is 4.09. The SMILES string of the molecule is CCc1cccc(OCC(C)C(N)=S)c1. The average molecular weight is 223 g/mol. The van der Waals surface area contributed by atoms with Gasteiger partial charge in [-0.3, -0.25) is 0 Å². The third kappa shape index (κ3) is 3.88. The summed E-state index contributed by atoms with van der Waals surface area (Å²) < 4.78 is 5.60. The first-order chi connectivity index (χ1) is 7.13. The zero-order valence-corrected chi connectivity index (χ0v) is 10.0. The molecule has 1 unspecified atom stereocenters. The molecule has 15 heavy (non-hydrogen) atoms. The van der Waals surface area contributed by atoms with E-state index in [-0.39, 0.29) is 5.92 Å². The van der Waals surface area contributed by atoms with Crippen LogP contribution in [0.2, 0.25) is 0 Å². The standard InChI is InChI=1S/C12H17NOS/c1-3-10-5-4-6-11(7-10)14-8-9(2)12(13)15/h4-7,9H,3,8H2,1-2H3,(H2,13,15). The number of nitrogens with two attached hydrogens (primary N) is 1. The highest BCUT2D eigenvalue weighted by Gasteiger charge is 2.05. The quantitative estimate of drug-likeness (QED) is 0.779. The van der Waals surface area contributed by atoms with Gasteiger partial charge in [-0.1, -0.05) is 38.2 Å². The molecule has 0 aliphatic heterocycles. The summed E-state index contributed by atoms with van der Waals surface area (Å²) in [6, 6.07) is 8.08. The summed E-state index contributed by atoms with van der Waals surface area (Å²) in [6.45, 7) is 4.63. The summed E-state index contributed by atoms with van der Waals surface area (Å²) in [6.07, 6.45) is 1.02. The largest absolute Gasteiger partial charge is 0.493 e. The highest BCUT2D eigenvalue weighted by molar-refractivity contribution is 7.80. The van der Waals surface area contributed by atoms with E-state index in [2.05, 4.69) is 13.0 Å². The van der Waals surface area contributed by atoms with Gasteiger partial charge in [0.1, 0.15) is 5.75 Å². The highest BCUT2D eigenvalue weighted by Crippen LogP contribution is 2.14. The van der Waals surface area contributed by atoms with Gasteiger partial charge in [0.2, 0.25) is 0 Å². The Labute approximate surface area is 96.4 Å². The Balaban J connectivity index is 2.53. The minimum atomic E-state index is 0.116. The zero-order chi connectivity index (χ0) is 11.3. The van der Waals surface area contributed by atoms with Crippen molar-refractivity contribution in [1.29, 1.82) is 0 Å². The van der Waals surface area contributed by atoms with Crippen LogP contribution < -0.4 is 10.5 Å². The summed E-state index contributed by atoms with van der Waals surface area (Å²) in [5, 5.41) is 0. The van der Waals surface area contributed by atoms with E-state index in [9.17, 15) is 0 Å². The fraction of sp³-hybridized carbons (Fsp3) is 0.417. The summed E-state index contributed by atoms with van der Waals surface area (Å²) in [5.41, 5.74) is 6.78. The van der Waals surface area contributed by atoms with Crippen molar-refractivity contribution in [1.82, 2.24) is 0 Å². The molecule has 3 heteroatoms. The van der Waals surface area contributed by atoms with Gasteiger partial charge in [0.15, 0.2) is 0 Å². The molecule has 0 fully saturated rings. The molecule has 82 valence electrons. The lowest BCUT2D eigenvalue weighted by atomic mass is 10.1. The lowest BCUT2D eigenvalue weighted by Crippen LogP contribution is -2.24. The van der Waals surface area contributed by atoms with Gasteiger partial charge in [0.05, 0.1) is 11.6 Å². The van der Waals surface area contributed by atoms with E-state index in [1.807, 2.05) is 25.1 Å². The van der Waals surface area contributed by atoms with E-state index in [1.54, 1.807) is 0 Å². The fourth-order valence-electron chi connectivity index (χ4n) is 1.16. The van der Waals surface area contributed by atoms with Crippen molar-refractivity contribution in [3.8, 4) is 5.75 Å². The number of thiocarbonyl (C=S) groups is 1. The summed E-state index contributed by atoms with van der Waals surface area (Å²) in [4.78, 5) is 0.502. The van der Waals surface area contributed by atoms with Gasteiger partial charge in [-0.05, 0) is 24.1 Å². The van der Waals surface area contributed by atoms with Gasteiger partial charge in [-0.15, -0.1) is 0 Å². The van der Waals surface area contributed by atoms with Crippen molar-refractivity contribution < 1.29 is 4.74 Å². The van der Waals surface area contributed by atoms with Crippen LogP contribution in [0, 0.1) is 5.92 Å². The molecule has 0 spiro atoms. The first-order valence-corrected chi connectivity index (χ1v) is 5.55. The third-order valence-electron chi connectivity index (χ3n) is 2.29. The molecule has 0 saturated heterocycles. The molecule has 1 aromatic carbocycles. The Morgan fingerprint density at radius 3 is 2.87 bits per heavy atom. The minimum absolute atomic E-state index is 0.116. The van der Waals surface area contributed by atoms with Crippen molar-refractivity contribution in [2.24, 2.45) is 11.7 Å². The van der Waals surface area contributed by atoms with Gasteiger partial charge in [-0.2, -0.15) is 0 Å². The molecular weight excluding hydrogens is 206 g/mol. The first-order valence-electron chi connectivity index (χ1n) is 5.14. The molecule has 1 aromatic rings. The van der Waals surface area contributed by atoms with E-state index in [4.69, 9.17) is 22.7 Å². The molecule has 0 radical (unpaired) electrons. The zero-order valence-electron chi connectivity index (χ0n) is 9.19. The number of hydrogen-bond acceptors (Lipinski definition) is 2. The van der Waals surface area contributed by atoms with Crippen molar-refractivity contribution in [2.75, 3.05) is 6.61 Å². The lowest BCUT2D eigenvalue weighted by molar-refractivity contribution is 0.293. The van der Waals surface area contributed by atoms with Crippen LogP contribution in [-0.2, 0) is 6.42 Å². The van der Waals surface area contributed by atoms with Crippen LogP contribution in [0.25, 0.3) is 0 Å². The smallest absolute Gasteiger partial charge is 0.119 e. The Hall–Kier alpha value is -1.09. The summed E-state index contributed by atoms with van der Waals surface area (Å²) in [7, 11) is 0. The van der Waals surface area contributed by atoms with Crippen molar-refractivity contribution in [2.45, 2.75) is 20.3 Å². The monoisotopic (exact) mass is 223 g/mol. The van der Waals surface area contributed by atoms with Gasteiger partial charge in [0.25, 0.3) is 0 Å². The van der Waals surface area contributed by atoms with Gasteiger partial charge < -0.3 is 10.5 Å². The Bertz CT molecular complexity index is 338. The minimum Gasteiger partial charge on any atom is -0.493 e. The second kappa shape index (κ2) is 5.71. The van der Waals surface area contributed by atoms with Crippen LogP contribution in [0.1, 0.15) is 19.4 Å². The molecule has 0 bridgehead atoms. The maximum atomic E-state index is 5.60. The molecular formula is C12H17NOS. The van der Waals surface area contributed by atoms with Crippen LogP contribution >= 0.6 is 12.2 Å². The molecule has 0 aromatic heterocycles. The van der Waals surface area contributed by atoms with E-state index >= 15 is 0 Å². The van der Waals surface area contributed by atoms with Gasteiger partial charge in [0, 0.05) is 5.92 Å². The molecule has 0 aliphatic rings. The molecule has 2 N–H and O–H groups in total.